The van der Waals surface area contributed by atoms with Gasteiger partial charge in [-0.2, -0.15) is 0 Å². The van der Waals surface area contributed by atoms with Gasteiger partial charge in [-0.3, -0.25) is 4.98 Å². The topological polar surface area (TPSA) is 33.1 Å². The number of hydrogen-bond donors (Lipinski definition) is 1. The third-order valence-corrected chi connectivity index (χ3v) is 3.51. The van der Waals surface area contributed by atoms with Crippen molar-refractivity contribution in [3.8, 4) is 0 Å². The quantitative estimate of drug-likeness (QED) is 0.754. The van der Waals surface area contributed by atoms with Crippen molar-refractivity contribution in [3.63, 3.8) is 0 Å². The fourth-order valence-electron chi connectivity index (χ4n) is 2.45. The lowest BCUT2D eigenvalue weighted by Gasteiger charge is -2.25. The molecule has 1 unspecified atom stereocenters. The van der Waals surface area contributed by atoms with E-state index in [1.807, 2.05) is 67.6 Å². The van der Waals surface area contributed by atoms with Crippen molar-refractivity contribution in [2.75, 3.05) is 0 Å². The molecule has 94 valence electrons. The normalized spacial score (nSPS) is 14.2. The van der Waals surface area contributed by atoms with Crippen LogP contribution in [0.15, 0.2) is 66.9 Å². The molecule has 1 heterocycles. The predicted molar refractivity (Wildman–Crippen MR) is 76.9 cm³/mol. The Kier molecular flexibility index (Phi) is 2.80. The summed E-state index contributed by atoms with van der Waals surface area (Å²) in [6, 6.07) is 19.4. The van der Waals surface area contributed by atoms with E-state index in [9.17, 15) is 5.11 Å². The van der Waals surface area contributed by atoms with Crippen molar-refractivity contribution in [2.24, 2.45) is 0 Å². The molecule has 19 heavy (non-hydrogen) atoms. The van der Waals surface area contributed by atoms with E-state index >= 15 is 0 Å². The lowest BCUT2D eigenvalue weighted by Crippen LogP contribution is -2.23. The maximum Gasteiger partial charge on any atom is 0.112 e. The maximum atomic E-state index is 10.9. The summed E-state index contributed by atoms with van der Waals surface area (Å²) in [5.41, 5.74) is 1.64. The zero-order chi connectivity index (χ0) is 13.3. The van der Waals surface area contributed by atoms with E-state index in [0.29, 0.717) is 0 Å². The van der Waals surface area contributed by atoms with E-state index in [4.69, 9.17) is 0 Å². The minimum atomic E-state index is -1.02. The molecule has 1 atom stereocenters. The summed E-state index contributed by atoms with van der Waals surface area (Å²) in [5, 5.41) is 11.9. The highest BCUT2D eigenvalue weighted by molar-refractivity contribution is 5.83. The molecule has 2 aromatic carbocycles. The molecule has 0 bridgehead atoms. The van der Waals surface area contributed by atoms with Crippen LogP contribution >= 0.6 is 0 Å². The number of pyridine rings is 1. The zero-order valence-electron chi connectivity index (χ0n) is 10.7. The van der Waals surface area contributed by atoms with Crippen molar-refractivity contribution in [1.82, 2.24) is 4.98 Å². The predicted octanol–water partition coefficient (Wildman–Crippen LogP) is 3.49. The molecule has 0 amide bonds. The number of aliphatic hydroxyl groups is 1. The van der Waals surface area contributed by atoms with E-state index < -0.39 is 5.60 Å². The van der Waals surface area contributed by atoms with Crippen molar-refractivity contribution in [2.45, 2.75) is 12.5 Å². The summed E-state index contributed by atoms with van der Waals surface area (Å²) in [7, 11) is 0. The molecule has 0 fully saturated rings. The standard InChI is InChI=1S/C17H15NO/c1-17(19,13-7-3-2-4-8-13)15-10-5-11-16-14(15)9-6-12-18-16/h2-12,19H,1H3. The molecule has 2 heteroatoms. The summed E-state index contributed by atoms with van der Waals surface area (Å²) in [6.45, 7) is 1.82. The lowest BCUT2D eigenvalue weighted by molar-refractivity contribution is 0.104. The highest BCUT2D eigenvalue weighted by Gasteiger charge is 2.27. The summed E-state index contributed by atoms with van der Waals surface area (Å²) in [4.78, 5) is 4.34. The van der Waals surface area contributed by atoms with Gasteiger partial charge in [-0.1, -0.05) is 48.5 Å². The third kappa shape index (κ3) is 2.00. The number of aromatic nitrogens is 1. The second-order valence-electron chi connectivity index (χ2n) is 4.81. The first kappa shape index (κ1) is 11.9. The Labute approximate surface area is 112 Å². The first-order valence-electron chi connectivity index (χ1n) is 6.32. The molecular formula is C17H15NO. The fraction of sp³-hybridized carbons (Fsp3) is 0.118. The second kappa shape index (κ2) is 4.48. The van der Waals surface area contributed by atoms with Gasteiger partial charge in [0.15, 0.2) is 0 Å². The van der Waals surface area contributed by atoms with E-state index in [1.165, 1.54) is 0 Å². The average Bonchev–Trinajstić information content (AvgIpc) is 2.47. The number of fused-ring (bicyclic) bond motifs is 1. The average molecular weight is 249 g/mol. The molecule has 0 aliphatic heterocycles. The van der Waals surface area contributed by atoms with Gasteiger partial charge in [0, 0.05) is 11.6 Å². The summed E-state index contributed by atoms with van der Waals surface area (Å²) < 4.78 is 0. The molecular weight excluding hydrogens is 234 g/mol. The van der Waals surface area contributed by atoms with Crippen LogP contribution < -0.4 is 0 Å². The number of rotatable bonds is 2. The largest absolute Gasteiger partial charge is 0.381 e. The minimum Gasteiger partial charge on any atom is -0.381 e. The molecule has 0 aliphatic rings. The highest BCUT2D eigenvalue weighted by atomic mass is 16.3. The van der Waals surface area contributed by atoms with E-state index in [1.54, 1.807) is 6.20 Å². The Balaban J connectivity index is 2.24. The van der Waals surface area contributed by atoms with Crippen LogP contribution in [0.25, 0.3) is 10.9 Å². The van der Waals surface area contributed by atoms with Crippen molar-refractivity contribution in [1.29, 1.82) is 0 Å². The van der Waals surface area contributed by atoms with Gasteiger partial charge in [0.2, 0.25) is 0 Å². The molecule has 0 saturated heterocycles. The highest BCUT2D eigenvalue weighted by Crippen LogP contribution is 2.33. The van der Waals surface area contributed by atoms with Gasteiger partial charge in [0.25, 0.3) is 0 Å². The molecule has 3 aromatic rings. The van der Waals surface area contributed by atoms with Crippen LogP contribution in [-0.2, 0) is 5.60 Å². The van der Waals surface area contributed by atoms with Crippen LogP contribution in [0.2, 0.25) is 0 Å². The van der Waals surface area contributed by atoms with Gasteiger partial charge in [-0.25, -0.2) is 0 Å². The van der Waals surface area contributed by atoms with Gasteiger partial charge >= 0.3 is 0 Å². The fourth-order valence-corrected chi connectivity index (χ4v) is 2.45. The summed E-state index contributed by atoms with van der Waals surface area (Å²) in [6.07, 6.45) is 1.77. The monoisotopic (exact) mass is 249 g/mol. The summed E-state index contributed by atoms with van der Waals surface area (Å²) >= 11 is 0. The van der Waals surface area contributed by atoms with Gasteiger partial charge in [-0.05, 0) is 30.2 Å². The first-order chi connectivity index (χ1) is 9.19. The van der Waals surface area contributed by atoms with E-state index in [-0.39, 0.29) is 0 Å². The lowest BCUT2D eigenvalue weighted by atomic mass is 9.86. The summed E-state index contributed by atoms with van der Waals surface area (Å²) in [5.74, 6) is 0. The molecule has 0 spiro atoms. The number of benzene rings is 2. The van der Waals surface area contributed by atoms with Gasteiger partial charge in [0.05, 0.1) is 5.52 Å². The van der Waals surface area contributed by atoms with Crippen LogP contribution in [0.3, 0.4) is 0 Å². The first-order valence-corrected chi connectivity index (χ1v) is 6.32. The molecule has 0 radical (unpaired) electrons. The minimum absolute atomic E-state index is 0.879. The van der Waals surface area contributed by atoms with Crippen molar-refractivity contribution >= 4 is 10.9 Å². The number of hydrogen-bond acceptors (Lipinski definition) is 2. The van der Waals surface area contributed by atoms with Crippen molar-refractivity contribution < 1.29 is 5.11 Å². The van der Waals surface area contributed by atoms with Gasteiger partial charge in [-0.15, -0.1) is 0 Å². The molecule has 0 aliphatic carbocycles. The molecule has 3 rings (SSSR count). The van der Waals surface area contributed by atoms with E-state index in [0.717, 1.165) is 22.0 Å². The smallest absolute Gasteiger partial charge is 0.112 e. The Hall–Kier alpha value is -2.19. The van der Waals surface area contributed by atoms with Crippen LogP contribution in [-0.4, -0.2) is 10.1 Å². The number of nitrogens with zero attached hydrogens (tertiary/aromatic N) is 1. The molecule has 1 aromatic heterocycles. The van der Waals surface area contributed by atoms with Gasteiger partial charge in [0.1, 0.15) is 5.60 Å². The van der Waals surface area contributed by atoms with Crippen LogP contribution in [0, 0.1) is 0 Å². The Morgan fingerprint density at radius 3 is 2.47 bits per heavy atom. The van der Waals surface area contributed by atoms with Crippen LogP contribution in [0.4, 0.5) is 0 Å². The molecule has 0 saturated carbocycles. The van der Waals surface area contributed by atoms with Crippen LogP contribution in [0.1, 0.15) is 18.1 Å². The molecule has 1 N–H and O–H groups in total. The Morgan fingerprint density at radius 2 is 1.68 bits per heavy atom. The third-order valence-electron chi connectivity index (χ3n) is 3.51. The zero-order valence-corrected chi connectivity index (χ0v) is 10.7. The Bertz CT molecular complexity index is 699. The SMILES string of the molecule is CC(O)(c1ccccc1)c1cccc2ncccc12. The molecule has 2 nitrogen and oxygen atoms in total. The van der Waals surface area contributed by atoms with Crippen molar-refractivity contribution in [3.05, 3.63) is 78.0 Å². The Morgan fingerprint density at radius 1 is 0.895 bits per heavy atom. The van der Waals surface area contributed by atoms with Crippen LogP contribution in [0.5, 0.6) is 0 Å². The van der Waals surface area contributed by atoms with Gasteiger partial charge < -0.3 is 5.11 Å². The second-order valence-corrected chi connectivity index (χ2v) is 4.81. The van der Waals surface area contributed by atoms with E-state index in [2.05, 4.69) is 4.98 Å². The maximum absolute atomic E-state index is 10.9.